The van der Waals surface area contributed by atoms with Gasteiger partial charge in [0, 0.05) is 19.3 Å². The van der Waals surface area contributed by atoms with Gasteiger partial charge in [-0.25, -0.2) is 4.98 Å². The van der Waals surface area contributed by atoms with E-state index in [1.807, 2.05) is 18.2 Å². The summed E-state index contributed by atoms with van der Waals surface area (Å²) >= 11 is 0. The lowest BCUT2D eigenvalue weighted by molar-refractivity contribution is -0.126. The highest BCUT2D eigenvalue weighted by Gasteiger charge is 2.36. The summed E-state index contributed by atoms with van der Waals surface area (Å²) in [5.74, 6) is 0.913. The highest BCUT2D eigenvalue weighted by Crippen LogP contribution is 2.27. The molecule has 1 amide bonds. The van der Waals surface area contributed by atoms with E-state index in [1.54, 1.807) is 6.20 Å². The fourth-order valence-corrected chi connectivity index (χ4v) is 2.54. The molecule has 4 N–H and O–H groups in total. The topological polar surface area (TPSA) is 80.0 Å². The van der Waals surface area contributed by atoms with E-state index in [4.69, 9.17) is 5.73 Å². The van der Waals surface area contributed by atoms with Gasteiger partial charge >= 0.3 is 0 Å². The molecule has 0 bridgehead atoms. The smallest absolute Gasteiger partial charge is 0.240 e. The molecule has 0 aliphatic heterocycles. The van der Waals surface area contributed by atoms with Crippen LogP contribution in [0, 0.1) is 0 Å². The van der Waals surface area contributed by atoms with Crippen LogP contribution < -0.4 is 16.4 Å². The largest absolute Gasteiger partial charge is 0.370 e. The minimum absolute atomic E-state index is 0.0210. The fourth-order valence-electron chi connectivity index (χ4n) is 2.54. The number of aromatic nitrogens is 1. The minimum atomic E-state index is -0.605. The highest BCUT2D eigenvalue weighted by atomic mass is 16.2. The van der Waals surface area contributed by atoms with Gasteiger partial charge in [0.15, 0.2) is 0 Å². The molecule has 0 atom stereocenters. The van der Waals surface area contributed by atoms with E-state index in [9.17, 15) is 4.79 Å². The Bertz CT molecular complexity index is 415. The van der Waals surface area contributed by atoms with Crippen molar-refractivity contribution < 1.29 is 4.79 Å². The Labute approximate surface area is 120 Å². The van der Waals surface area contributed by atoms with Gasteiger partial charge in [-0.1, -0.05) is 18.9 Å². The van der Waals surface area contributed by atoms with Crippen LogP contribution in [0.2, 0.25) is 0 Å². The lowest BCUT2D eigenvalue weighted by Gasteiger charge is -2.22. The number of anilines is 1. The first-order valence-corrected chi connectivity index (χ1v) is 7.43. The van der Waals surface area contributed by atoms with Gasteiger partial charge in [0.2, 0.25) is 5.91 Å². The van der Waals surface area contributed by atoms with Gasteiger partial charge in [-0.2, -0.15) is 0 Å². The van der Waals surface area contributed by atoms with Gasteiger partial charge < -0.3 is 16.4 Å². The maximum Gasteiger partial charge on any atom is 0.240 e. The van der Waals surface area contributed by atoms with Crippen LogP contribution in [-0.2, 0) is 4.79 Å². The van der Waals surface area contributed by atoms with Gasteiger partial charge in [0.1, 0.15) is 5.82 Å². The fraction of sp³-hybridized carbons (Fsp3) is 0.600. The second kappa shape index (κ2) is 7.24. The van der Waals surface area contributed by atoms with Crippen LogP contribution in [0.3, 0.4) is 0 Å². The van der Waals surface area contributed by atoms with Crippen molar-refractivity contribution in [1.29, 1.82) is 0 Å². The third-order valence-corrected chi connectivity index (χ3v) is 3.81. The highest BCUT2D eigenvalue weighted by molar-refractivity contribution is 5.86. The average molecular weight is 276 g/mol. The van der Waals surface area contributed by atoms with Crippen molar-refractivity contribution in [3.63, 3.8) is 0 Å². The molecular formula is C15H24N4O. The molecule has 5 nitrogen and oxygen atoms in total. The molecule has 1 aromatic heterocycles. The van der Waals surface area contributed by atoms with Crippen LogP contribution >= 0.6 is 0 Å². The van der Waals surface area contributed by atoms with Gasteiger partial charge in [0.25, 0.3) is 0 Å². The predicted octanol–water partition coefficient (Wildman–Crippen LogP) is 1.66. The standard InChI is InChI=1S/C15H24N4O/c16-15(8-2-3-9-15)14(20)19-12-6-5-11-18-13-7-1-4-10-17-13/h1,4,7,10H,2-3,5-6,8-9,11-12,16H2,(H,17,18)(H,19,20). The number of carbonyl (C=O) groups excluding carboxylic acids is 1. The molecule has 0 unspecified atom stereocenters. The third kappa shape index (κ3) is 4.20. The number of nitrogens with zero attached hydrogens (tertiary/aromatic N) is 1. The number of nitrogens with two attached hydrogens (primary N) is 1. The van der Waals surface area contributed by atoms with Crippen molar-refractivity contribution in [2.45, 2.75) is 44.1 Å². The molecule has 1 fully saturated rings. The van der Waals surface area contributed by atoms with Crippen LogP contribution in [0.4, 0.5) is 5.82 Å². The van der Waals surface area contributed by atoms with Gasteiger partial charge in [-0.05, 0) is 37.8 Å². The van der Waals surface area contributed by atoms with E-state index in [1.165, 1.54) is 0 Å². The van der Waals surface area contributed by atoms with Crippen LogP contribution in [0.1, 0.15) is 38.5 Å². The first-order chi connectivity index (χ1) is 9.71. The zero-order valence-electron chi connectivity index (χ0n) is 11.9. The monoisotopic (exact) mass is 276 g/mol. The molecule has 0 saturated heterocycles. The van der Waals surface area contributed by atoms with Crippen molar-refractivity contribution in [1.82, 2.24) is 10.3 Å². The van der Waals surface area contributed by atoms with Crippen LogP contribution in [0.15, 0.2) is 24.4 Å². The van der Waals surface area contributed by atoms with Crippen molar-refractivity contribution in [3.05, 3.63) is 24.4 Å². The maximum atomic E-state index is 12.0. The molecule has 0 spiro atoms. The summed E-state index contributed by atoms with van der Waals surface area (Å²) < 4.78 is 0. The second-order valence-corrected chi connectivity index (χ2v) is 5.47. The molecule has 1 saturated carbocycles. The quantitative estimate of drug-likeness (QED) is 0.662. The van der Waals surface area contributed by atoms with E-state index < -0.39 is 5.54 Å². The number of hydrogen-bond donors (Lipinski definition) is 3. The summed E-state index contributed by atoms with van der Waals surface area (Å²) in [6.45, 7) is 1.56. The number of rotatable bonds is 7. The van der Waals surface area contributed by atoms with Crippen molar-refractivity contribution >= 4 is 11.7 Å². The normalized spacial score (nSPS) is 16.9. The summed E-state index contributed by atoms with van der Waals surface area (Å²) in [6.07, 6.45) is 7.48. The molecule has 20 heavy (non-hydrogen) atoms. The van der Waals surface area contributed by atoms with Crippen molar-refractivity contribution in [2.75, 3.05) is 18.4 Å². The summed E-state index contributed by atoms with van der Waals surface area (Å²) in [6, 6.07) is 5.80. The molecule has 110 valence electrons. The Morgan fingerprint density at radius 1 is 1.25 bits per heavy atom. The van der Waals surface area contributed by atoms with Crippen LogP contribution in [-0.4, -0.2) is 29.5 Å². The number of carbonyl (C=O) groups is 1. The molecule has 1 aliphatic rings. The molecule has 0 aromatic carbocycles. The van der Waals surface area contributed by atoms with Crippen LogP contribution in [0.5, 0.6) is 0 Å². The van der Waals surface area contributed by atoms with E-state index >= 15 is 0 Å². The zero-order chi connectivity index (χ0) is 14.3. The predicted molar refractivity (Wildman–Crippen MR) is 80.4 cm³/mol. The minimum Gasteiger partial charge on any atom is -0.370 e. The number of hydrogen-bond acceptors (Lipinski definition) is 4. The summed E-state index contributed by atoms with van der Waals surface area (Å²) in [7, 11) is 0. The number of amides is 1. The summed E-state index contributed by atoms with van der Waals surface area (Å²) in [5.41, 5.74) is 5.48. The van der Waals surface area contributed by atoms with Crippen molar-refractivity contribution in [3.8, 4) is 0 Å². The van der Waals surface area contributed by atoms with E-state index in [0.29, 0.717) is 6.54 Å². The van der Waals surface area contributed by atoms with Gasteiger partial charge in [-0.15, -0.1) is 0 Å². The first kappa shape index (κ1) is 14.8. The zero-order valence-corrected chi connectivity index (χ0v) is 11.9. The SMILES string of the molecule is NC1(C(=O)NCCCCNc2ccccn2)CCCC1. The summed E-state index contributed by atoms with van der Waals surface area (Å²) in [4.78, 5) is 16.1. The molecule has 1 aromatic rings. The molecule has 5 heteroatoms. The van der Waals surface area contributed by atoms with Gasteiger partial charge in [0.05, 0.1) is 5.54 Å². The summed E-state index contributed by atoms with van der Waals surface area (Å²) in [5, 5.41) is 6.20. The van der Waals surface area contributed by atoms with Crippen LogP contribution in [0.25, 0.3) is 0 Å². The molecule has 0 radical (unpaired) electrons. The number of nitrogens with one attached hydrogen (secondary N) is 2. The molecule has 1 heterocycles. The lowest BCUT2D eigenvalue weighted by atomic mass is 9.98. The first-order valence-electron chi connectivity index (χ1n) is 7.43. The Kier molecular flexibility index (Phi) is 5.35. The molecule has 1 aliphatic carbocycles. The number of pyridine rings is 1. The van der Waals surface area contributed by atoms with Gasteiger partial charge in [-0.3, -0.25) is 4.79 Å². The van der Waals surface area contributed by atoms with E-state index in [0.717, 1.165) is 50.9 Å². The van der Waals surface area contributed by atoms with E-state index in [-0.39, 0.29) is 5.91 Å². The average Bonchev–Trinajstić information content (AvgIpc) is 2.92. The Morgan fingerprint density at radius 2 is 2.00 bits per heavy atom. The maximum absolute atomic E-state index is 12.0. The number of unbranched alkanes of at least 4 members (excludes halogenated alkanes) is 1. The second-order valence-electron chi connectivity index (χ2n) is 5.47. The Morgan fingerprint density at radius 3 is 2.70 bits per heavy atom. The molecule has 2 rings (SSSR count). The molecular weight excluding hydrogens is 252 g/mol. The lowest BCUT2D eigenvalue weighted by Crippen LogP contribution is -2.52. The Hall–Kier alpha value is -1.62. The van der Waals surface area contributed by atoms with E-state index in [2.05, 4.69) is 15.6 Å². The third-order valence-electron chi connectivity index (χ3n) is 3.81. The van der Waals surface area contributed by atoms with Crippen molar-refractivity contribution in [2.24, 2.45) is 5.73 Å². The Balaban J connectivity index is 1.54.